The van der Waals surface area contributed by atoms with E-state index in [1.807, 2.05) is 24.5 Å². The standard InChI is InChI=1S/C37H32NO2.C14H14N.Ir/c1-21-10-7-14-30-32(21)27-17-28-33-22(2)11-8-15-31(33)40-36(28)34(35(27)39-30)26-18-29(38-20-23(26)3)25-13-9-12-24(16-25)19-37(4,5)6;1-10-4-6-13(7-5-10)14-8-11(2)12(3)9-15-14;/h7-12,14-18,20H,19H2,1-6H3;4-6,8-9H,1-3H3;/q2*-1;. The fraction of sp³-hybridized carbons (Fsp3) is 0.216. The van der Waals surface area contributed by atoms with Crippen LogP contribution in [0.15, 0.2) is 112 Å². The van der Waals surface area contributed by atoms with Crippen molar-refractivity contribution in [2.75, 3.05) is 0 Å². The summed E-state index contributed by atoms with van der Waals surface area (Å²) in [5.41, 5.74) is 18.1. The third kappa shape index (κ3) is 7.46. The van der Waals surface area contributed by atoms with E-state index in [1.54, 1.807) is 0 Å². The molecule has 0 fully saturated rings. The van der Waals surface area contributed by atoms with Gasteiger partial charge in [-0.1, -0.05) is 69.7 Å². The molecule has 1 radical (unpaired) electrons. The zero-order valence-electron chi connectivity index (χ0n) is 33.6. The van der Waals surface area contributed by atoms with Crippen molar-refractivity contribution in [3.63, 3.8) is 0 Å². The summed E-state index contributed by atoms with van der Waals surface area (Å²) in [6, 6.07) is 38.3. The van der Waals surface area contributed by atoms with Crippen molar-refractivity contribution >= 4 is 43.9 Å². The Balaban J connectivity index is 0.000000253. The molecule has 4 nitrogen and oxygen atoms in total. The molecule has 5 aromatic carbocycles. The van der Waals surface area contributed by atoms with Gasteiger partial charge in [-0.15, -0.1) is 70.8 Å². The van der Waals surface area contributed by atoms with Crippen LogP contribution >= 0.6 is 0 Å². The second-order valence-corrected chi connectivity index (χ2v) is 16.3. The number of benzene rings is 5. The molecule has 0 aliphatic heterocycles. The molecule has 0 bridgehead atoms. The Morgan fingerprint density at radius 2 is 1.20 bits per heavy atom. The van der Waals surface area contributed by atoms with Gasteiger partial charge in [-0.25, -0.2) is 0 Å². The average molecular weight is 911 g/mol. The van der Waals surface area contributed by atoms with E-state index in [0.29, 0.717) is 0 Å². The maximum atomic E-state index is 6.64. The maximum Gasteiger partial charge on any atom is 0.147 e. The first-order valence-corrected chi connectivity index (χ1v) is 19.0. The largest absolute Gasteiger partial charge is 0.455 e. The maximum absolute atomic E-state index is 6.64. The van der Waals surface area contributed by atoms with Crippen molar-refractivity contribution in [2.24, 2.45) is 5.41 Å². The molecule has 0 spiro atoms. The number of fused-ring (bicyclic) bond motifs is 6. The smallest absolute Gasteiger partial charge is 0.147 e. The SMILES string of the molecule is Cc1c[c-]c(-c2cc(C)c(C)cn2)cc1.Cc1cnc(-c2[c-]ccc(CC(C)(C)C)c2)cc1-c1c2oc3cccc(C)c3c2cc2c1oc1cccc(C)c12.[Ir]. The fourth-order valence-corrected chi connectivity index (χ4v) is 7.60. The zero-order valence-corrected chi connectivity index (χ0v) is 36.0. The summed E-state index contributed by atoms with van der Waals surface area (Å²) in [5.74, 6) is 0. The number of furan rings is 2. The molecule has 56 heavy (non-hydrogen) atoms. The Morgan fingerprint density at radius 3 is 1.77 bits per heavy atom. The van der Waals surface area contributed by atoms with Gasteiger partial charge in [0.25, 0.3) is 0 Å². The summed E-state index contributed by atoms with van der Waals surface area (Å²) in [7, 11) is 0. The normalized spacial score (nSPS) is 11.6. The predicted molar refractivity (Wildman–Crippen MR) is 229 cm³/mol. The Kier molecular flexibility index (Phi) is 10.6. The first kappa shape index (κ1) is 38.9. The monoisotopic (exact) mass is 911 g/mol. The van der Waals surface area contributed by atoms with Crippen molar-refractivity contribution in [1.82, 2.24) is 9.97 Å². The second kappa shape index (κ2) is 15.3. The number of rotatable bonds is 4. The number of pyridine rings is 2. The third-order valence-electron chi connectivity index (χ3n) is 10.5. The molecule has 0 amide bonds. The van der Waals surface area contributed by atoms with Crippen molar-refractivity contribution in [3.8, 4) is 33.6 Å². The van der Waals surface area contributed by atoms with Crippen LogP contribution in [0.1, 0.15) is 59.7 Å². The summed E-state index contributed by atoms with van der Waals surface area (Å²) in [6.07, 6.45) is 4.86. The van der Waals surface area contributed by atoms with Crippen molar-refractivity contribution in [1.29, 1.82) is 0 Å². The van der Waals surface area contributed by atoms with Gasteiger partial charge < -0.3 is 18.8 Å². The molecule has 4 aromatic heterocycles. The minimum Gasteiger partial charge on any atom is -0.455 e. The van der Waals surface area contributed by atoms with Gasteiger partial charge in [-0.05, 0) is 104 Å². The van der Waals surface area contributed by atoms with Gasteiger partial charge in [0, 0.05) is 54.0 Å². The Bertz CT molecular complexity index is 2790. The van der Waals surface area contributed by atoms with E-state index in [0.717, 1.165) is 89.5 Å². The van der Waals surface area contributed by atoms with Crippen LogP contribution in [0.3, 0.4) is 0 Å². The summed E-state index contributed by atoms with van der Waals surface area (Å²) >= 11 is 0. The molecule has 4 heterocycles. The quantitative estimate of drug-likeness (QED) is 0.165. The summed E-state index contributed by atoms with van der Waals surface area (Å²) in [6.45, 7) is 19.4. The molecule has 9 aromatic rings. The van der Waals surface area contributed by atoms with Crippen LogP contribution in [0, 0.1) is 59.1 Å². The van der Waals surface area contributed by atoms with E-state index in [2.05, 4.69) is 158 Å². The van der Waals surface area contributed by atoms with Gasteiger partial charge in [0.1, 0.15) is 22.3 Å². The molecular formula is C51H46IrN2O2-2. The Labute approximate surface area is 343 Å². The number of hydrogen-bond acceptors (Lipinski definition) is 4. The molecule has 0 aliphatic rings. The molecule has 0 saturated heterocycles. The number of hydrogen-bond donors (Lipinski definition) is 0. The molecule has 0 aliphatic carbocycles. The Hall–Kier alpha value is -5.35. The molecule has 283 valence electrons. The van der Waals surface area contributed by atoms with Gasteiger partial charge in [-0.3, -0.25) is 0 Å². The van der Waals surface area contributed by atoms with Gasteiger partial charge >= 0.3 is 0 Å². The minimum atomic E-state index is 0. The van der Waals surface area contributed by atoms with E-state index in [9.17, 15) is 0 Å². The topological polar surface area (TPSA) is 52.1 Å². The van der Waals surface area contributed by atoms with Crippen LogP contribution in [-0.2, 0) is 26.5 Å². The molecule has 0 atom stereocenters. The van der Waals surface area contributed by atoms with Crippen LogP contribution in [0.5, 0.6) is 0 Å². The first-order chi connectivity index (χ1) is 26.3. The number of aromatic nitrogens is 2. The summed E-state index contributed by atoms with van der Waals surface area (Å²) < 4.78 is 13.3. The Morgan fingerprint density at radius 1 is 0.589 bits per heavy atom. The van der Waals surface area contributed by atoms with E-state index in [1.165, 1.54) is 33.4 Å². The molecule has 5 heteroatoms. The van der Waals surface area contributed by atoms with E-state index in [4.69, 9.17) is 13.8 Å². The molecule has 0 unspecified atom stereocenters. The molecule has 0 N–H and O–H groups in total. The first-order valence-electron chi connectivity index (χ1n) is 19.0. The molecular weight excluding hydrogens is 865 g/mol. The summed E-state index contributed by atoms with van der Waals surface area (Å²) in [4.78, 5) is 9.26. The molecule has 9 rings (SSSR count). The predicted octanol–water partition coefficient (Wildman–Crippen LogP) is 14.0. The van der Waals surface area contributed by atoms with Gasteiger partial charge in [0.15, 0.2) is 0 Å². The third-order valence-corrected chi connectivity index (χ3v) is 10.5. The van der Waals surface area contributed by atoms with E-state index >= 15 is 0 Å². The van der Waals surface area contributed by atoms with Gasteiger partial charge in [0.2, 0.25) is 0 Å². The van der Waals surface area contributed by atoms with Crippen LogP contribution in [0.25, 0.3) is 77.5 Å². The number of nitrogens with zero attached hydrogens (tertiary/aromatic N) is 2. The fourth-order valence-electron chi connectivity index (χ4n) is 7.60. The minimum absolute atomic E-state index is 0. The van der Waals surface area contributed by atoms with Crippen LogP contribution < -0.4 is 0 Å². The van der Waals surface area contributed by atoms with Crippen LogP contribution in [0.2, 0.25) is 0 Å². The van der Waals surface area contributed by atoms with E-state index in [-0.39, 0.29) is 25.5 Å². The second-order valence-electron chi connectivity index (χ2n) is 16.3. The van der Waals surface area contributed by atoms with Crippen LogP contribution in [0.4, 0.5) is 0 Å². The van der Waals surface area contributed by atoms with Crippen molar-refractivity contribution in [3.05, 3.63) is 154 Å². The van der Waals surface area contributed by atoms with Gasteiger partial charge in [0.05, 0.1) is 5.56 Å². The molecule has 0 saturated carbocycles. The van der Waals surface area contributed by atoms with Crippen molar-refractivity contribution < 1.29 is 28.9 Å². The van der Waals surface area contributed by atoms with Crippen molar-refractivity contribution in [2.45, 2.75) is 68.7 Å². The van der Waals surface area contributed by atoms with Gasteiger partial charge in [-0.2, -0.15) is 0 Å². The van der Waals surface area contributed by atoms with Crippen LogP contribution in [-0.4, -0.2) is 9.97 Å². The number of aryl methyl sites for hydroxylation is 6. The zero-order chi connectivity index (χ0) is 38.6. The van der Waals surface area contributed by atoms with E-state index < -0.39 is 0 Å². The average Bonchev–Trinajstić information content (AvgIpc) is 3.72. The summed E-state index contributed by atoms with van der Waals surface area (Å²) in [5, 5.41) is 4.52.